The summed E-state index contributed by atoms with van der Waals surface area (Å²) in [7, 11) is 3.92. The van der Waals surface area contributed by atoms with Crippen molar-refractivity contribution in [1.82, 2.24) is 20.2 Å². The van der Waals surface area contributed by atoms with Gasteiger partial charge in [-0.25, -0.2) is 9.97 Å². The highest BCUT2D eigenvalue weighted by molar-refractivity contribution is 5.92. The summed E-state index contributed by atoms with van der Waals surface area (Å²) in [6, 6.07) is 11.7. The van der Waals surface area contributed by atoms with Crippen molar-refractivity contribution in [1.29, 1.82) is 0 Å². The lowest BCUT2D eigenvalue weighted by atomic mass is 10.2. The number of carbonyl (C=O) groups is 1. The third kappa shape index (κ3) is 5.14. The SMILES string of the molecule is CN(C)CCNC(=O)c1cc(NCc2ccccc2)ncn1. The van der Waals surface area contributed by atoms with Crippen LogP contribution >= 0.6 is 0 Å². The lowest BCUT2D eigenvalue weighted by Crippen LogP contribution is -2.31. The van der Waals surface area contributed by atoms with Gasteiger partial charge in [0.15, 0.2) is 0 Å². The summed E-state index contributed by atoms with van der Waals surface area (Å²) in [6.45, 7) is 2.03. The average molecular weight is 299 g/mol. The maximum Gasteiger partial charge on any atom is 0.270 e. The Morgan fingerprint density at radius 1 is 1.18 bits per heavy atom. The van der Waals surface area contributed by atoms with Crippen molar-refractivity contribution in [2.24, 2.45) is 0 Å². The van der Waals surface area contributed by atoms with Gasteiger partial charge in [-0.2, -0.15) is 0 Å². The number of benzene rings is 1. The van der Waals surface area contributed by atoms with E-state index in [0.29, 0.717) is 24.6 Å². The van der Waals surface area contributed by atoms with Gasteiger partial charge in [0.05, 0.1) is 0 Å². The zero-order valence-corrected chi connectivity index (χ0v) is 12.9. The molecule has 0 unspecified atom stereocenters. The van der Waals surface area contributed by atoms with Crippen LogP contribution in [0.4, 0.5) is 5.82 Å². The fourth-order valence-electron chi connectivity index (χ4n) is 1.85. The summed E-state index contributed by atoms with van der Waals surface area (Å²) in [4.78, 5) is 22.2. The third-order valence-corrected chi connectivity index (χ3v) is 3.06. The van der Waals surface area contributed by atoms with Crippen LogP contribution in [0.15, 0.2) is 42.7 Å². The van der Waals surface area contributed by atoms with Gasteiger partial charge in [0.25, 0.3) is 5.91 Å². The van der Waals surface area contributed by atoms with Crippen molar-refractivity contribution in [3.63, 3.8) is 0 Å². The molecule has 0 aliphatic rings. The molecule has 2 N–H and O–H groups in total. The molecule has 6 nitrogen and oxygen atoms in total. The first-order valence-corrected chi connectivity index (χ1v) is 7.18. The Kier molecular flexibility index (Phi) is 5.85. The number of carbonyl (C=O) groups excluding carboxylic acids is 1. The Balaban J connectivity index is 1.90. The number of hydrogen-bond acceptors (Lipinski definition) is 5. The number of rotatable bonds is 7. The van der Waals surface area contributed by atoms with Crippen LogP contribution < -0.4 is 10.6 Å². The number of nitrogens with zero attached hydrogens (tertiary/aromatic N) is 3. The Morgan fingerprint density at radius 2 is 1.95 bits per heavy atom. The molecule has 1 aromatic carbocycles. The molecule has 0 bridgehead atoms. The summed E-state index contributed by atoms with van der Waals surface area (Å²) in [5.74, 6) is 0.448. The molecule has 2 rings (SSSR count). The highest BCUT2D eigenvalue weighted by Gasteiger charge is 2.08. The summed E-state index contributed by atoms with van der Waals surface area (Å²) >= 11 is 0. The van der Waals surface area contributed by atoms with E-state index in [2.05, 4.69) is 20.6 Å². The first kappa shape index (κ1) is 15.9. The standard InChI is InChI=1S/C16H21N5O/c1-21(2)9-8-17-16(22)14-10-15(20-12-19-14)18-11-13-6-4-3-5-7-13/h3-7,10,12H,8-9,11H2,1-2H3,(H,17,22)(H,18,19,20). The van der Waals surface area contributed by atoms with E-state index in [1.165, 1.54) is 6.33 Å². The molecule has 0 fully saturated rings. The van der Waals surface area contributed by atoms with Crippen molar-refractivity contribution in [3.8, 4) is 0 Å². The van der Waals surface area contributed by atoms with E-state index in [9.17, 15) is 4.79 Å². The van der Waals surface area contributed by atoms with Crippen molar-refractivity contribution in [2.45, 2.75) is 6.54 Å². The van der Waals surface area contributed by atoms with Gasteiger partial charge in [0.1, 0.15) is 17.8 Å². The zero-order chi connectivity index (χ0) is 15.8. The van der Waals surface area contributed by atoms with E-state index < -0.39 is 0 Å². The summed E-state index contributed by atoms with van der Waals surface area (Å²) in [6.07, 6.45) is 1.40. The van der Waals surface area contributed by atoms with Crippen LogP contribution in [-0.2, 0) is 6.54 Å². The van der Waals surface area contributed by atoms with Crippen LogP contribution in [0.3, 0.4) is 0 Å². The van der Waals surface area contributed by atoms with Crippen LogP contribution in [0, 0.1) is 0 Å². The molecule has 0 spiro atoms. The highest BCUT2D eigenvalue weighted by atomic mass is 16.1. The van der Waals surface area contributed by atoms with E-state index in [1.807, 2.05) is 49.3 Å². The maximum absolute atomic E-state index is 12.0. The van der Waals surface area contributed by atoms with E-state index in [1.54, 1.807) is 6.07 Å². The van der Waals surface area contributed by atoms with E-state index >= 15 is 0 Å². The molecule has 0 radical (unpaired) electrons. The predicted molar refractivity (Wildman–Crippen MR) is 86.7 cm³/mol. The Labute approximate surface area is 130 Å². The van der Waals surface area contributed by atoms with Crippen molar-refractivity contribution in [3.05, 3.63) is 54.0 Å². The second-order valence-corrected chi connectivity index (χ2v) is 5.19. The van der Waals surface area contributed by atoms with E-state index in [0.717, 1.165) is 12.1 Å². The molecule has 116 valence electrons. The van der Waals surface area contributed by atoms with Crippen LogP contribution in [0.25, 0.3) is 0 Å². The molecule has 2 aromatic rings. The summed E-state index contributed by atoms with van der Waals surface area (Å²) in [5.41, 5.74) is 1.52. The minimum atomic E-state index is -0.188. The molecule has 22 heavy (non-hydrogen) atoms. The number of nitrogens with one attached hydrogen (secondary N) is 2. The van der Waals surface area contributed by atoms with Crippen LogP contribution in [-0.4, -0.2) is 48.0 Å². The van der Waals surface area contributed by atoms with Gasteiger partial charge in [0.2, 0.25) is 0 Å². The van der Waals surface area contributed by atoms with Gasteiger partial charge in [-0.05, 0) is 19.7 Å². The number of aromatic nitrogens is 2. The van der Waals surface area contributed by atoms with Gasteiger partial charge in [0, 0.05) is 25.7 Å². The molecule has 1 amide bonds. The monoisotopic (exact) mass is 299 g/mol. The molecule has 0 saturated carbocycles. The Hall–Kier alpha value is -2.47. The van der Waals surface area contributed by atoms with Gasteiger partial charge >= 0.3 is 0 Å². The summed E-state index contributed by atoms with van der Waals surface area (Å²) < 4.78 is 0. The van der Waals surface area contributed by atoms with Gasteiger partial charge in [-0.1, -0.05) is 30.3 Å². The van der Waals surface area contributed by atoms with Crippen molar-refractivity contribution < 1.29 is 4.79 Å². The van der Waals surface area contributed by atoms with E-state index in [4.69, 9.17) is 0 Å². The van der Waals surface area contributed by atoms with Gasteiger partial charge < -0.3 is 15.5 Å². The lowest BCUT2D eigenvalue weighted by Gasteiger charge is -2.10. The molecular weight excluding hydrogens is 278 g/mol. The summed E-state index contributed by atoms with van der Waals surface area (Å²) in [5, 5.41) is 6.02. The normalized spacial score (nSPS) is 10.5. The zero-order valence-electron chi connectivity index (χ0n) is 12.9. The number of likely N-dealkylation sites (N-methyl/N-ethyl adjacent to an activating group) is 1. The maximum atomic E-state index is 12.0. The van der Waals surface area contributed by atoms with Crippen LogP contribution in [0.1, 0.15) is 16.1 Å². The molecule has 1 heterocycles. The number of anilines is 1. The highest BCUT2D eigenvalue weighted by Crippen LogP contribution is 2.07. The molecular formula is C16H21N5O. The Bertz CT molecular complexity index is 600. The topological polar surface area (TPSA) is 70.2 Å². The fourth-order valence-corrected chi connectivity index (χ4v) is 1.85. The van der Waals surface area contributed by atoms with E-state index in [-0.39, 0.29) is 5.91 Å². The molecule has 6 heteroatoms. The van der Waals surface area contributed by atoms with Crippen molar-refractivity contribution in [2.75, 3.05) is 32.5 Å². The minimum Gasteiger partial charge on any atom is -0.366 e. The molecule has 0 saturated heterocycles. The third-order valence-electron chi connectivity index (χ3n) is 3.06. The van der Waals surface area contributed by atoms with Crippen LogP contribution in [0.5, 0.6) is 0 Å². The average Bonchev–Trinajstić information content (AvgIpc) is 2.54. The van der Waals surface area contributed by atoms with Gasteiger partial charge in [-0.15, -0.1) is 0 Å². The largest absolute Gasteiger partial charge is 0.366 e. The second-order valence-electron chi connectivity index (χ2n) is 5.19. The minimum absolute atomic E-state index is 0.188. The van der Waals surface area contributed by atoms with Crippen molar-refractivity contribution >= 4 is 11.7 Å². The second kappa shape index (κ2) is 8.09. The molecule has 0 atom stereocenters. The predicted octanol–water partition coefficient (Wildman–Crippen LogP) is 1.38. The smallest absolute Gasteiger partial charge is 0.270 e. The first-order valence-electron chi connectivity index (χ1n) is 7.18. The lowest BCUT2D eigenvalue weighted by molar-refractivity contribution is 0.0946. The van der Waals surface area contributed by atoms with Crippen LogP contribution in [0.2, 0.25) is 0 Å². The molecule has 1 aromatic heterocycles. The molecule has 0 aliphatic heterocycles. The first-order chi connectivity index (χ1) is 10.6. The Morgan fingerprint density at radius 3 is 2.68 bits per heavy atom. The number of hydrogen-bond donors (Lipinski definition) is 2. The van der Waals surface area contributed by atoms with Gasteiger partial charge in [-0.3, -0.25) is 4.79 Å². The molecule has 0 aliphatic carbocycles. The quantitative estimate of drug-likeness (QED) is 0.808. The number of amides is 1. The fraction of sp³-hybridized carbons (Fsp3) is 0.312.